The molecule has 1 aliphatic heterocycles. The maximum absolute atomic E-state index is 4.52. The van der Waals surface area contributed by atoms with Gasteiger partial charge in [-0.1, -0.05) is 30.3 Å². The van der Waals surface area contributed by atoms with Gasteiger partial charge in [0.05, 0.1) is 16.7 Å². The van der Waals surface area contributed by atoms with Crippen LogP contribution in [0.2, 0.25) is 0 Å². The number of aryl methyl sites for hydroxylation is 2. The van der Waals surface area contributed by atoms with Crippen LogP contribution in [-0.4, -0.2) is 49.7 Å². The molecule has 0 amide bonds. The second kappa shape index (κ2) is 7.43. The van der Waals surface area contributed by atoms with E-state index in [-0.39, 0.29) is 0 Å². The second-order valence-corrected chi connectivity index (χ2v) is 8.79. The Morgan fingerprint density at radius 3 is 2.63 bits per heavy atom. The second-order valence-electron chi connectivity index (χ2n) is 8.79. The first-order valence-electron chi connectivity index (χ1n) is 10.9. The van der Waals surface area contributed by atoms with Crippen LogP contribution in [0.25, 0.3) is 16.7 Å². The molecule has 6 heteroatoms. The number of aromatic nitrogens is 4. The van der Waals surface area contributed by atoms with Crippen molar-refractivity contribution in [1.29, 1.82) is 0 Å². The number of hydrogen-bond acceptors (Lipinski definition) is 4. The molecule has 1 fully saturated rings. The number of rotatable bonds is 4. The van der Waals surface area contributed by atoms with Crippen molar-refractivity contribution in [2.45, 2.75) is 52.2 Å². The number of fused-ring (bicyclic) bond motifs is 3. The molecule has 4 heterocycles. The van der Waals surface area contributed by atoms with Gasteiger partial charge in [0.2, 0.25) is 0 Å². The molecule has 0 bridgehead atoms. The van der Waals surface area contributed by atoms with E-state index in [1.54, 1.807) is 0 Å². The summed E-state index contributed by atoms with van der Waals surface area (Å²) < 4.78 is 4.59. The van der Waals surface area contributed by atoms with Crippen molar-refractivity contribution in [3.05, 3.63) is 59.5 Å². The summed E-state index contributed by atoms with van der Waals surface area (Å²) in [7, 11) is 2.21. The lowest BCUT2D eigenvalue weighted by Crippen LogP contribution is -2.42. The predicted octanol–water partition coefficient (Wildman–Crippen LogP) is 4.24. The molecule has 2 atom stereocenters. The standard InChI is InChI=1S/C24H30N6/c1-16-12-20(10-11-28(16)4)25-21-14-22-23(30-18(3)26-27-24(21)30)13-17(2)29(22)15-19-8-6-5-7-9-19/h5-9,13-14,16,20,25H,10-12,15H2,1-4H3/t16-,20+/m0/s1. The molecule has 1 saturated heterocycles. The zero-order valence-electron chi connectivity index (χ0n) is 18.3. The molecule has 0 spiro atoms. The molecule has 4 aromatic rings. The van der Waals surface area contributed by atoms with Crippen LogP contribution in [0.4, 0.5) is 5.69 Å². The monoisotopic (exact) mass is 402 g/mol. The number of benzene rings is 1. The third kappa shape index (κ3) is 3.25. The lowest BCUT2D eigenvalue weighted by Gasteiger charge is -2.35. The minimum Gasteiger partial charge on any atom is -0.379 e. The highest BCUT2D eigenvalue weighted by Gasteiger charge is 2.24. The van der Waals surface area contributed by atoms with Gasteiger partial charge >= 0.3 is 0 Å². The van der Waals surface area contributed by atoms with E-state index in [0.717, 1.165) is 43.1 Å². The molecule has 1 aliphatic rings. The molecule has 1 aromatic carbocycles. The maximum Gasteiger partial charge on any atom is 0.184 e. The Morgan fingerprint density at radius 1 is 1.07 bits per heavy atom. The fraction of sp³-hybridized carbons (Fsp3) is 0.417. The van der Waals surface area contributed by atoms with Crippen molar-refractivity contribution < 1.29 is 0 Å². The Kier molecular flexibility index (Phi) is 4.74. The van der Waals surface area contributed by atoms with Crippen LogP contribution in [0, 0.1) is 13.8 Å². The fourth-order valence-electron chi connectivity index (χ4n) is 4.76. The summed E-state index contributed by atoms with van der Waals surface area (Å²) in [6.45, 7) is 8.49. The van der Waals surface area contributed by atoms with Gasteiger partial charge in [0.15, 0.2) is 5.65 Å². The summed E-state index contributed by atoms with van der Waals surface area (Å²) in [5.41, 5.74) is 6.94. The summed E-state index contributed by atoms with van der Waals surface area (Å²) in [6, 6.07) is 16.2. The number of likely N-dealkylation sites (tertiary alicyclic amines) is 1. The van der Waals surface area contributed by atoms with Crippen LogP contribution in [0.5, 0.6) is 0 Å². The van der Waals surface area contributed by atoms with Crippen molar-refractivity contribution in [3.63, 3.8) is 0 Å². The van der Waals surface area contributed by atoms with Crippen LogP contribution in [0.15, 0.2) is 42.5 Å². The van der Waals surface area contributed by atoms with Crippen LogP contribution in [0.1, 0.15) is 36.8 Å². The smallest absolute Gasteiger partial charge is 0.184 e. The van der Waals surface area contributed by atoms with Gasteiger partial charge in [-0.05, 0) is 58.4 Å². The van der Waals surface area contributed by atoms with Gasteiger partial charge in [0, 0.05) is 30.9 Å². The molecule has 0 unspecified atom stereocenters. The Balaban J connectivity index is 1.60. The van der Waals surface area contributed by atoms with Gasteiger partial charge < -0.3 is 14.8 Å². The molecule has 0 radical (unpaired) electrons. The van der Waals surface area contributed by atoms with Gasteiger partial charge in [0.25, 0.3) is 0 Å². The van der Waals surface area contributed by atoms with Crippen molar-refractivity contribution in [3.8, 4) is 0 Å². The Hall–Kier alpha value is -2.86. The normalized spacial score (nSPS) is 20.3. The molecule has 30 heavy (non-hydrogen) atoms. The first-order valence-corrected chi connectivity index (χ1v) is 10.9. The third-order valence-electron chi connectivity index (χ3n) is 6.66. The molecule has 0 saturated carbocycles. The van der Waals surface area contributed by atoms with Gasteiger partial charge in [-0.2, -0.15) is 0 Å². The average molecular weight is 403 g/mol. The Morgan fingerprint density at radius 2 is 1.87 bits per heavy atom. The summed E-state index contributed by atoms with van der Waals surface area (Å²) in [5.74, 6) is 0.923. The molecular formula is C24H30N6. The first-order chi connectivity index (χ1) is 14.5. The zero-order valence-corrected chi connectivity index (χ0v) is 18.3. The number of nitrogens with one attached hydrogen (secondary N) is 1. The SMILES string of the molecule is Cc1cc2c(cc(N[C@@H]3CCN(C)[C@@H](C)C3)c3nnc(C)n32)n1Cc1ccccc1. The van der Waals surface area contributed by atoms with Gasteiger partial charge in [-0.15, -0.1) is 10.2 Å². The maximum atomic E-state index is 4.52. The number of pyridine rings is 1. The quantitative estimate of drug-likeness (QED) is 0.555. The van der Waals surface area contributed by atoms with Crippen LogP contribution in [0.3, 0.4) is 0 Å². The van der Waals surface area contributed by atoms with Gasteiger partial charge in [-0.3, -0.25) is 4.40 Å². The van der Waals surface area contributed by atoms with E-state index in [1.807, 2.05) is 6.92 Å². The summed E-state index contributed by atoms with van der Waals surface area (Å²) >= 11 is 0. The van der Waals surface area contributed by atoms with Crippen molar-refractivity contribution in [2.75, 3.05) is 18.9 Å². The third-order valence-corrected chi connectivity index (χ3v) is 6.66. The van der Waals surface area contributed by atoms with Gasteiger partial charge in [0.1, 0.15) is 5.82 Å². The number of anilines is 1. The van der Waals surface area contributed by atoms with Crippen molar-refractivity contribution in [1.82, 2.24) is 24.1 Å². The lowest BCUT2D eigenvalue weighted by atomic mass is 9.99. The Bertz CT molecular complexity index is 1190. The van der Waals surface area contributed by atoms with Crippen LogP contribution < -0.4 is 5.32 Å². The average Bonchev–Trinajstić information content (AvgIpc) is 3.26. The number of nitrogens with zero attached hydrogens (tertiary/aromatic N) is 5. The largest absolute Gasteiger partial charge is 0.379 e. The molecule has 0 aliphatic carbocycles. The fourth-order valence-corrected chi connectivity index (χ4v) is 4.76. The minimum absolute atomic E-state index is 0.452. The Labute approximate surface area is 177 Å². The first kappa shape index (κ1) is 19.1. The van der Waals surface area contributed by atoms with Crippen LogP contribution >= 0.6 is 0 Å². The van der Waals surface area contributed by atoms with E-state index in [0.29, 0.717) is 12.1 Å². The molecule has 1 N–H and O–H groups in total. The van der Waals surface area contributed by atoms with Crippen molar-refractivity contribution >= 4 is 22.4 Å². The van der Waals surface area contributed by atoms with E-state index in [2.05, 4.69) is 92.7 Å². The highest BCUT2D eigenvalue weighted by Crippen LogP contribution is 2.30. The van der Waals surface area contributed by atoms with Crippen molar-refractivity contribution in [2.24, 2.45) is 0 Å². The van der Waals surface area contributed by atoms with E-state index >= 15 is 0 Å². The lowest BCUT2D eigenvalue weighted by molar-refractivity contribution is 0.190. The molecule has 156 valence electrons. The van der Waals surface area contributed by atoms with Gasteiger partial charge in [-0.25, -0.2) is 0 Å². The molecular weight excluding hydrogens is 372 g/mol. The number of hydrogen-bond donors (Lipinski definition) is 1. The molecule has 5 rings (SSSR count). The number of piperidine rings is 1. The van der Waals surface area contributed by atoms with Crippen LogP contribution in [-0.2, 0) is 6.54 Å². The van der Waals surface area contributed by atoms with E-state index in [4.69, 9.17) is 0 Å². The summed E-state index contributed by atoms with van der Waals surface area (Å²) in [6.07, 6.45) is 2.28. The topological polar surface area (TPSA) is 50.4 Å². The molecule has 6 nitrogen and oxygen atoms in total. The van der Waals surface area contributed by atoms with E-state index < -0.39 is 0 Å². The summed E-state index contributed by atoms with van der Waals surface area (Å²) in [4.78, 5) is 2.44. The highest BCUT2D eigenvalue weighted by atomic mass is 15.3. The minimum atomic E-state index is 0.452. The molecule has 3 aromatic heterocycles. The summed E-state index contributed by atoms with van der Waals surface area (Å²) in [5, 5.41) is 12.7. The van der Waals surface area contributed by atoms with E-state index in [9.17, 15) is 0 Å². The highest BCUT2D eigenvalue weighted by molar-refractivity contribution is 5.88. The predicted molar refractivity (Wildman–Crippen MR) is 122 cm³/mol. The zero-order chi connectivity index (χ0) is 20.8. The van der Waals surface area contributed by atoms with E-state index in [1.165, 1.54) is 22.3 Å².